The van der Waals surface area contributed by atoms with Gasteiger partial charge in [-0.25, -0.2) is 9.78 Å². The first kappa shape index (κ1) is 19.2. The Morgan fingerprint density at radius 2 is 1.88 bits per heavy atom. The highest BCUT2D eigenvalue weighted by Gasteiger charge is 2.27. The van der Waals surface area contributed by atoms with Crippen LogP contribution in [0.3, 0.4) is 0 Å². The molecule has 2 fully saturated rings. The van der Waals surface area contributed by atoms with Crippen molar-refractivity contribution in [2.45, 2.75) is 71.4 Å². The minimum Gasteiger partial charge on any atom is -0.381 e. The fourth-order valence-corrected chi connectivity index (χ4v) is 3.98. The second kappa shape index (κ2) is 7.99. The van der Waals surface area contributed by atoms with Gasteiger partial charge in [-0.1, -0.05) is 0 Å². The Balaban J connectivity index is 1.56. The molecule has 0 radical (unpaired) electrons. The topological polar surface area (TPSA) is 59.4 Å². The summed E-state index contributed by atoms with van der Waals surface area (Å²) in [5, 5.41) is 3.07. The Bertz CT molecular complexity index is 606. The Labute approximate surface area is 157 Å². The smallest absolute Gasteiger partial charge is 0.317 e. The molecule has 1 aromatic rings. The van der Waals surface area contributed by atoms with Crippen LogP contribution < -0.4 is 5.32 Å². The molecule has 2 amide bonds. The van der Waals surface area contributed by atoms with Crippen molar-refractivity contribution in [2.75, 3.05) is 26.3 Å². The quantitative estimate of drug-likeness (QED) is 0.897. The number of hydrogen-bond donors (Lipinski definition) is 1. The molecule has 0 saturated carbocycles. The third-order valence-electron chi connectivity index (χ3n) is 5.50. The van der Waals surface area contributed by atoms with Crippen LogP contribution in [-0.2, 0) is 11.3 Å². The summed E-state index contributed by atoms with van der Waals surface area (Å²) in [6.45, 7) is 12.6. The Kier molecular flexibility index (Phi) is 5.90. The van der Waals surface area contributed by atoms with Gasteiger partial charge in [-0.2, -0.15) is 0 Å². The third-order valence-corrected chi connectivity index (χ3v) is 5.50. The summed E-state index contributed by atoms with van der Waals surface area (Å²) in [4.78, 5) is 19.0. The van der Waals surface area contributed by atoms with Crippen LogP contribution in [-0.4, -0.2) is 52.3 Å². The number of aryl methyl sites for hydroxylation is 1. The summed E-state index contributed by atoms with van der Waals surface area (Å²) < 4.78 is 7.93. The lowest BCUT2D eigenvalue weighted by atomic mass is 9.95. The zero-order valence-electron chi connectivity index (χ0n) is 16.8. The maximum Gasteiger partial charge on any atom is 0.317 e. The fraction of sp³-hybridized carbons (Fsp3) is 0.800. The standard InChI is InChI=1S/C20H34N4O2/c1-15-13-21-18(17-7-11-26-12-8-17)24(15)14-16-5-9-23(10-6-16)19(25)22-20(2,3)4/h13,16-17H,5-12,14H2,1-4H3,(H,22,25). The van der Waals surface area contributed by atoms with Crippen molar-refractivity contribution in [2.24, 2.45) is 5.92 Å². The van der Waals surface area contributed by atoms with E-state index in [2.05, 4.69) is 16.8 Å². The number of carbonyl (C=O) groups is 1. The molecule has 0 unspecified atom stereocenters. The van der Waals surface area contributed by atoms with Gasteiger partial charge in [0.15, 0.2) is 0 Å². The van der Waals surface area contributed by atoms with Gasteiger partial charge >= 0.3 is 6.03 Å². The number of urea groups is 1. The fourth-order valence-electron chi connectivity index (χ4n) is 3.98. The van der Waals surface area contributed by atoms with E-state index in [1.807, 2.05) is 31.9 Å². The average molecular weight is 363 g/mol. The van der Waals surface area contributed by atoms with Crippen molar-refractivity contribution in [1.82, 2.24) is 19.8 Å². The molecule has 3 rings (SSSR count). The van der Waals surface area contributed by atoms with Crippen molar-refractivity contribution in [1.29, 1.82) is 0 Å². The van der Waals surface area contributed by atoms with E-state index in [1.54, 1.807) is 0 Å². The number of hydrogen-bond acceptors (Lipinski definition) is 3. The zero-order chi connectivity index (χ0) is 18.7. The van der Waals surface area contributed by atoms with Gasteiger partial charge in [-0.3, -0.25) is 0 Å². The lowest BCUT2D eigenvalue weighted by Crippen LogP contribution is -2.50. The summed E-state index contributed by atoms with van der Waals surface area (Å²) in [5.41, 5.74) is 1.07. The number of nitrogens with zero attached hydrogens (tertiary/aromatic N) is 3. The number of piperidine rings is 1. The van der Waals surface area contributed by atoms with Gasteiger partial charge in [0.05, 0.1) is 0 Å². The molecule has 1 N–H and O–H groups in total. The van der Waals surface area contributed by atoms with Crippen LogP contribution in [0.1, 0.15) is 63.9 Å². The van der Waals surface area contributed by atoms with Crippen LogP contribution in [0.25, 0.3) is 0 Å². The number of aromatic nitrogens is 2. The van der Waals surface area contributed by atoms with Gasteiger partial charge in [0.1, 0.15) is 5.82 Å². The molecular weight excluding hydrogens is 328 g/mol. The number of likely N-dealkylation sites (tertiary alicyclic amines) is 1. The Morgan fingerprint density at radius 1 is 1.23 bits per heavy atom. The SMILES string of the molecule is Cc1cnc(C2CCOCC2)n1CC1CCN(C(=O)NC(C)(C)C)CC1. The van der Waals surface area contributed by atoms with E-state index in [0.29, 0.717) is 11.8 Å². The van der Waals surface area contributed by atoms with Crippen LogP contribution in [0.5, 0.6) is 0 Å². The number of rotatable bonds is 3. The predicted octanol–water partition coefficient (Wildman–Crippen LogP) is 3.31. The first-order valence-corrected chi connectivity index (χ1v) is 10.0. The van der Waals surface area contributed by atoms with E-state index < -0.39 is 0 Å². The highest BCUT2D eigenvalue weighted by molar-refractivity contribution is 5.75. The van der Waals surface area contributed by atoms with Gasteiger partial charge in [0.25, 0.3) is 0 Å². The molecule has 0 bridgehead atoms. The van der Waals surface area contributed by atoms with E-state index in [4.69, 9.17) is 9.72 Å². The van der Waals surface area contributed by atoms with Crippen molar-refractivity contribution < 1.29 is 9.53 Å². The van der Waals surface area contributed by atoms with Gasteiger partial charge in [0.2, 0.25) is 0 Å². The van der Waals surface area contributed by atoms with Crippen LogP contribution in [0.2, 0.25) is 0 Å². The summed E-state index contributed by atoms with van der Waals surface area (Å²) in [6.07, 6.45) is 6.27. The molecule has 2 aliphatic rings. The summed E-state index contributed by atoms with van der Waals surface area (Å²) in [6, 6.07) is 0.0673. The maximum absolute atomic E-state index is 12.3. The summed E-state index contributed by atoms with van der Waals surface area (Å²) >= 11 is 0. The molecule has 3 heterocycles. The monoisotopic (exact) mass is 362 g/mol. The third kappa shape index (κ3) is 4.78. The minimum atomic E-state index is -0.180. The van der Waals surface area contributed by atoms with E-state index in [9.17, 15) is 4.79 Å². The lowest BCUT2D eigenvalue weighted by molar-refractivity contribution is 0.0823. The number of imidazole rings is 1. The van der Waals surface area contributed by atoms with Crippen LogP contribution in [0, 0.1) is 12.8 Å². The summed E-state index contributed by atoms with van der Waals surface area (Å²) in [5.74, 6) is 2.37. The molecule has 2 aliphatic heterocycles. The van der Waals surface area contributed by atoms with Gasteiger partial charge in [-0.05, 0) is 59.3 Å². The molecule has 0 aliphatic carbocycles. The van der Waals surface area contributed by atoms with E-state index in [1.165, 1.54) is 11.5 Å². The minimum absolute atomic E-state index is 0.0673. The zero-order valence-corrected chi connectivity index (χ0v) is 16.8. The molecule has 0 atom stereocenters. The average Bonchev–Trinajstić information content (AvgIpc) is 2.95. The van der Waals surface area contributed by atoms with Crippen LogP contribution in [0.15, 0.2) is 6.20 Å². The van der Waals surface area contributed by atoms with E-state index in [-0.39, 0.29) is 11.6 Å². The summed E-state index contributed by atoms with van der Waals surface area (Å²) in [7, 11) is 0. The highest BCUT2D eigenvalue weighted by Crippen LogP contribution is 2.29. The molecule has 26 heavy (non-hydrogen) atoms. The Hall–Kier alpha value is -1.56. The first-order valence-electron chi connectivity index (χ1n) is 10.0. The number of amides is 2. The number of nitrogens with one attached hydrogen (secondary N) is 1. The van der Waals surface area contributed by atoms with Gasteiger partial charge in [0, 0.05) is 56.2 Å². The van der Waals surface area contributed by atoms with E-state index in [0.717, 1.165) is 58.5 Å². The second-order valence-corrected chi connectivity index (χ2v) is 8.87. The molecule has 1 aromatic heterocycles. The Morgan fingerprint density at radius 3 is 2.50 bits per heavy atom. The van der Waals surface area contributed by atoms with Crippen molar-refractivity contribution >= 4 is 6.03 Å². The van der Waals surface area contributed by atoms with Gasteiger partial charge < -0.3 is 19.5 Å². The second-order valence-electron chi connectivity index (χ2n) is 8.87. The van der Waals surface area contributed by atoms with Crippen molar-refractivity contribution in [3.8, 4) is 0 Å². The van der Waals surface area contributed by atoms with Crippen LogP contribution in [0.4, 0.5) is 4.79 Å². The molecule has 146 valence electrons. The molecule has 0 spiro atoms. The highest BCUT2D eigenvalue weighted by atomic mass is 16.5. The van der Waals surface area contributed by atoms with Crippen molar-refractivity contribution in [3.05, 3.63) is 17.7 Å². The molecule has 0 aromatic carbocycles. The van der Waals surface area contributed by atoms with Gasteiger partial charge in [-0.15, -0.1) is 0 Å². The molecule has 6 heteroatoms. The largest absolute Gasteiger partial charge is 0.381 e. The molecule has 2 saturated heterocycles. The number of ether oxygens (including phenoxy) is 1. The van der Waals surface area contributed by atoms with E-state index >= 15 is 0 Å². The lowest BCUT2D eigenvalue weighted by Gasteiger charge is -2.35. The number of carbonyl (C=O) groups excluding carboxylic acids is 1. The maximum atomic E-state index is 12.3. The molecular formula is C20H34N4O2. The first-order chi connectivity index (χ1) is 12.3. The predicted molar refractivity (Wildman–Crippen MR) is 102 cm³/mol. The molecule has 6 nitrogen and oxygen atoms in total. The van der Waals surface area contributed by atoms with Crippen molar-refractivity contribution in [3.63, 3.8) is 0 Å². The van der Waals surface area contributed by atoms with Crippen LogP contribution >= 0.6 is 0 Å². The normalized spacial score (nSPS) is 20.4.